The van der Waals surface area contributed by atoms with Crippen LogP contribution in [0.25, 0.3) is 0 Å². The molecule has 0 saturated carbocycles. The van der Waals surface area contributed by atoms with Gasteiger partial charge in [-0.15, -0.1) is 0 Å². The van der Waals surface area contributed by atoms with Crippen molar-refractivity contribution in [2.45, 2.75) is 38.8 Å². The van der Waals surface area contributed by atoms with Crippen LogP contribution in [-0.2, 0) is 0 Å². The smallest absolute Gasteiger partial charge is 0.0223 e. The van der Waals surface area contributed by atoms with Gasteiger partial charge in [-0.2, -0.15) is 0 Å². The standard InChI is InChI=1S/C11H24N2/c1-9(2)11-7-6-10(13(11)5)8-12(3)4/h9-11H,6-8H2,1-5H3/t10-,11+/m0/s1. The summed E-state index contributed by atoms with van der Waals surface area (Å²) in [4.78, 5) is 4.87. The molecule has 1 aliphatic heterocycles. The zero-order chi connectivity index (χ0) is 10.0. The number of nitrogens with zero attached hydrogens (tertiary/aromatic N) is 2. The van der Waals surface area contributed by atoms with Crippen molar-refractivity contribution < 1.29 is 0 Å². The van der Waals surface area contributed by atoms with E-state index in [4.69, 9.17) is 0 Å². The first-order valence-electron chi connectivity index (χ1n) is 5.39. The van der Waals surface area contributed by atoms with E-state index in [1.54, 1.807) is 0 Å². The van der Waals surface area contributed by atoms with Gasteiger partial charge in [0.1, 0.15) is 0 Å². The Bertz CT molecular complexity index is 154. The predicted octanol–water partition coefficient (Wildman–Crippen LogP) is 1.67. The van der Waals surface area contributed by atoms with E-state index in [1.807, 2.05) is 0 Å². The molecule has 1 heterocycles. The summed E-state index contributed by atoms with van der Waals surface area (Å²) >= 11 is 0. The molecule has 0 aromatic rings. The van der Waals surface area contributed by atoms with Crippen LogP contribution in [0.2, 0.25) is 0 Å². The largest absolute Gasteiger partial charge is 0.308 e. The second kappa shape index (κ2) is 4.43. The average Bonchev–Trinajstić information content (AvgIpc) is 2.32. The van der Waals surface area contributed by atoms with Gasteiger partial charge >= 0.3 is 0 Å². The van der Waals surface area contributed by atoms with Crippen LogP contribution in [0.3, 0.4) is 0 Å². The lowest BCUT2D eigenvalue weighted by molar-refractivity contribution is 0.172. The van der Waals surface area contributed by atoms with Crippen molar-refractivity contribution in [3.8, 4) is 0 Å². The van der Waals surface area contributed by atoms with E-state index >= 15 is 0 Å². The Morgan fingerprint density at radius 3 is 2.31 bits per heavy atom. The van der Waals surface area contributed by atoms with Crippen molar-refractivity contribution in [2.75, 3.05) is 27.7 Å². The fourth-order valence-electron chi connectivity index (χ4n) is 2.49. The molecule has 2 atom stereocenters. The second-order valence-corrected chi connectivity index (χ2v) is 4.97. The molecule has 0 N–H and O–H groups in total. The van der Waals surface area contributed by atoms with Gasteiger partial charge in [-0.3, -0.25) is 4.90 Å². The molecule has 1 aliphatic rings. The summed E-state index contributed by atoms with van der Waals surface area (Å²) in [6.45, 7) is 5.87. The highest BCUT2D eigenvalue weighted by molar-refractivity contribution is 4.87. The molecule has 0 spiro atoms. The maximum atomic E-state index is 2.57. The maximum Gasteiger partial charge on any atom is 0.0223 e. The molecule has 1 fully saturated rings. The predicted molar refractivity (Wildman–Crippen MR) is 58.0 cm³/mol. The van der Waals surface area contributed by atoms with Crippen LogP contribution in [0.15, 0.2) is 0 Å². The monoisotopic (exact) mass is 184 g/mol. The van der Waals surface area contributed by atoms with Gasteiger partial charge in [0.2, 0.25) is 0 Å². The zero-order valence-corrected chi connectivity index (χ0v) is 9.75. The normalized spacial score (nSPS) is 30.7. The van der Waals surface area contributed by atoms with E-state index in [9.17, 15) is 0 Å². The third-order valence-corrected chi connectivity index (χ3v) is 3.24. The Balaban J connectivity index is 2.45. The summed E-state index contributed by atoms with van der Waals surface area (Å²) < 4.78 is 0. The lowest BCUT2D eigenvalue weighted by Crippen LogP contribution is -2.40. The lowest BCUT2D eigenvalue weighted by Gasteiger charge is -2.29. The van der Waals surface area contributed by atoms with E-state index in [1.165, 1.54) is 19.4 Å². The minimum Gasteiger partial charge on any atom is -0.308 e. The molecule has 78 valence electrons. The molecule has 13 heavy (non-hydrogen) atoms. The van der Waals surface area contributed by atoms with Crippen LogP contribution in [0.1, 0.15) is 26.7 Å². The molecule has 1 saturated heterocycles. The molecule has 0 bridgehead atoms. The minimum absolute atomic E-state index is 0.780. The molecule has 2 nitrogen and oxygen atoms in total. The molecule has 0 aromatic carbocycles. The molecule has 2 heteroatoms. The molecule has 0 unspecified atom stereocenters. The molecule has 0 radical (unpaired) electrons. The summed E-state index contributed by atoms with van der Waals surface area (Å²) in [7, 11) is 6.61. The quantitative estimate of drug-likeness (QED) is 0.658. The van der Waals surface area contributed by atoms with Gasteiger partial charge in [-0.05, 0) is 39.9 Å². The fraction of sp³-hybridized carbons (Fsp3) is 1.00. The highest BCUT2D eigenvalue weighted by Crippen LogP contribution is 2.27. The summed E-state index contributed by atoms with van der Waals surface area (Å²) in [6, 6.07) is 1.59. The number of hydrogen-bond acceptors (Lipinski definition) is 2. The van der Waals surface area contributed by atoms with E-state index in [-0.39, 0.29) is 0 Å². The SMILES string of the molecule is CC(C)[C@H]1CC[C@@H](CN(C)C)N1C. The van der Waals surface area contributed by atoms with Crippen molar-refractivity contribution in [2.24, 2.45) is 5.92 Å². The van der Waals surface area contributed by atoms with Gasteiger partial charge in [0, 0.05) is 18.6 Å². The molecule has 1 rings (SSSR count). The second-order valence-electron chi connectivity index (χ2n) is 4.97. The average molecular weight is 184 g/mol. The van der Waals surface area contributed by atoms with Crippen LogP contribution >= 0.6 is 0 Å². The van der Waals surface area contributed by atoms with E-state index in [2.05, 4.69) is 44.8 Å². The van der Waals surface area contributed by atoms with E-state index < -0.39 is 0 Å². The van der Waals surface area contributed by atoms with Crippen molar-refractivity contribution in [1.82, 2.24) is 9.80 Å². The van der Waals surface area contributed by atoms with Crippen LogP contribution < -0.4 is 0 Å². The molecule has 0 aromatic heterocycles. The number of likely N-dealkylation sites (N-methyl/N-ethyl adjacent to an activating group) is 2. The summed E-state index contributed by atoms with van der Waals surface area (Å²) in [5.41, 5.74) is 0. The third-order valence-electron chi connectivity index (χ3n) is 3.24. The first kappa shape index (κ1) is 11.0. The Kier molecular flexibility index (Phi) is 3.74. The first-order chi connectivity index (χ1) is 6.02. The van der Waals surface area contributed by atoms with Crippen molar-refractivity contribution in [3.05, 3.63) is 0 Å². The summed E-state index contributed by atoms with van der Waals surface area (Å²) in [5.74, 6) is 0.803. The van der Waals surface area contributed by atoms with Gasteiger partial charge in [-0.25, -0.2) is 0 Å². The molecular weight excluding hydrogens is 160 g/mol. The Morgan fingerprint density at radius 1 is 1.31 bits per heavy atom. The highest BCUT2D eigenvalue weighted by Gasteiger charge is 2.31. The third kappa shape index (κ3) is 2.68. The van der Waals surface area contributed by atoms with Gasteiger partial charge in [0.15, 0.2) is 0 Å². The topological polar surface area (TPSA) is 6.48 Å². The van der Waals surface area contributed by atoms with Gasteiger partial charge < -0.3 is 4.90 Å². The van der Waals surface area contributed by atoms with Crippen molar-refractivity contribution >= 4 is 0 Å². The Morgan fingerprint density at radius 2 is 1.92 bits per heavy atom. The number of likely N-dealkylation sites (tertiary alicyclic amines) is 1. The summed E-state index contributed by atoms with van der Waals surface area (Å²) in [5, 5.41) is 0. The fourth-order valence-corrected chi connectivity index (χ4v) is 2.49. The molecular formula is C11H24N2. The first-order valence-corrected chi connectivity index (χ1v) is 5.39. The number of rotatable bonds is 3. The Hall–Kier alpha value is -0.0800. The lowest BCUT2D eigenvalue weighted by atomic mass is 10.0. The van der Waals surface area contributed by atoms with Crippen LogP contribution in [-0.4, -0.2) is 49.6 Å². The summed E-state index contributed by atoms with van der Waals surface area (Å²) in [6.07, 6.45) is 2.75. The number of hydrogen-bond donors (Lipinski definition) is 0. The van der Waals surface area contributed by atoms with Crippen LogP contribution in [0.5, 0.6) is 0 Å². The maximum absolute atomic E-state index is 2.57. The molecule has 0 amide bonds. The van der Waals surface area contributed by atoms with Crippen LogP contribution in [0.4, 0.5) is 0 Å². The van der Waals surface area contributed by atoms with Gasteiger partial charge in [0.05, 0.1) is 0 Å². The van der Waals surface area contributed by atoms with E-state index in [0.717, 1.165) is 18.0 Å². The highest BCUT2D eigenvalue weighted by atomic mass is 15.2. The minimum atomic E-state index is 0.780. The molecule has 0 aliphatic carbocycles. The van der Waals surface area contributed by atoms with Crippen molar-refractivity contribution in [3.63, 3.8) is 0 Å². The van der Waals surface area contributed by atoms with Gasteiger partial charge in [0.25, 0.3) is 0 Å². The van der Waals surface area contributed by atoms with Crippen LogP contribution in [0, 0.1) is 5.92 Å². The van der Waals surface area contributed by atoms with Gasteiger partial charge in [-0.1, -0.05) is 13.8 Å². The van der Waals surface area contributed by atoms with Crippen molar-refractivity contribution in [1.29, 1.82) is 0 Å². The Labute approximate surface area is 82.9 Å². The van der Waals surface area contributed by atoms with E-state index in [0.29, 0.717) is 0 Å². The zero-order valence-electron chi connectivity index (χ0n) is 9.75.